The number of carbonyl (C=O) groups is 1. The summed E-state index contributed by atoms with van der Waals surface area (Å²) in [4.78, 5) is 29.5. The molecule has 0 fully saturated rings. The fraction of sp³-hybridized carbons (Fsp3) is 0.391. The first kappa shape index (κ1) is 22.1. The summed E-state index contributed by atoms with van der Waals surface area (Å²) in [6.45, 7) is 5.93. The van der Waals surface area contributed by atoms with Gasteiger partial charge in [-0.05, 0) is 43.7 Å². The van der Waals surface area contributed by atoms with Crippen molar-refractivity contribution in [2.75, 3.05) is 13.7 Å². The van der Waals surface area contributed by atoms with Crippen LogP contribution < -0.4 is 10.3 Å². The second kappa shape index (κ2) is 8.64. The highest BCUT2D eigenvalue weighted by Gasteiger charge is 2.19. The van der Waals surface area contributed by atoms with Crippen molar-refractivity contribution in [3.63, 3.8) is 0 Å². The smallest absolute Gasteiger partial charge is 0.407 e. The lowest BCUT2D eigenvalue weighted by atomic mass is 10.0. The van der Waals surface area contributed by atoms with Crippen molar-refractivity contribution < 1.29 is 14.6 Å². The Hall–Kier alpha value is -3.60. The minimum Gasteiger partial charge on any atom is -0.492 e. The lowest BCUT2D eigenvalue weighted by Crippen LogP contribution is -2.35. The lowest BCUT2D eigenvalue weighted by Gasteiger charge is -2.25. The van der Waals surface area contributed by atoms with Crippen LogP contribution in [0.4, 0.5) is 4.79 Å². The number of nitriles is 1. The molecule has 3 rings (SSSR count). The van der Waals surface area contributed by atoms with E-state index in [1.165, 1.54) is 4.90 Å². The van der Waals surface area contributed by atoms with E-state index in [-0.39, 0.29) is 17.5 Å². The van der Waals surface area contributed by atoms with Crippen LogP contribution in [-0.2, 0) is 7.05 Å². The summed E-state index contributed by atoms with van der Waals surface area (Å²) in [5, 5.41) is 20.9. The van der Waals surface area contributed by atoms with Gasteiger partial charge in [-0.2, -0.15) is 5.26 Å². The Morgan fingerprint density at radius 2 is 2.06 bits per heavy atom. The van der Waals surface area contributed by atoms with Gasteiger partial charge in [0.05, 0.1) is 28.8 Å². The summed E-state index contributed by atoms with van der Waals surface area (Å²) >= 11 is 0. The molecule has 1 N–H and O–H groups in total. The van der Waals surface area contributed by atoms with Crippen LogP contribution in [0.2, 0.25) is 0 Å². The average molecular weight is 422 g/mol. The van der Waals surface area contributed by atoms with E-state index in [0.717, 1.165) is 10.8 Å². The number of benzene rings is 1. The Kier molecular flexibility index (Phi) is 6.16. The average Bonchev–Trinajstić information content (AvgIpc) is 2.74. The van der Waals surface area contributed by atoms with Crippen LogP contribution in [-0.4, -0.2) is 45.3 Å². The molecule has 2 unspecified atom stereocenters. The number of fused-ring (bicyclic) bond motifs is 3. The molecule has 0 saturated carbocycles. The van der Waals surface area contributed by atoms with Crippen molar-refractivity contribution in [1.82, 2.24) is 14.5 Å². The quantitative estimate of drug-likeness (QED) is 0.607. The number of aromatic nitrogens is 2. The number of amides is 1. The Labute approximate surface area is 180 Å². The van der Waals surface area contributed by atoms with Crippen molar-refractivity contribution in [2.24, 2.45) is 13.0 Å². The highest BCUT2D eigenvalue weighted by Crippen LogP contribution is 2.30. The van der Waals surface area contributed by atoms with Crippen LogP contribution in [0.15, 0.2) is 29.2 Å². The molecular formula is C23H26N4O4. The zero-order valence-electron chi connectivity index (χ0n) is 18.3. The van der Waals surface area contributed by atoms with Gasteiger partial charge in [-0.1, -0.05) is 6.92 Å². The number of nitrogens with zero attached hydrogens (tertiary/aromatic N) is 4. The number of rotatable bonds is 6. The first-order valence-electron chi connectivity index (χ1n) is 10.1. The Balaban J connectivity index is 1.96. The van der Waals surface area contributed by atoms with Crippen LogP contribution in [0.1, 0.15) is 31.5 Å². The second-order valence-electron chi connectivity index (χ2n) is 8.05. The van der Waals surface area contributed by atoms with Crippen molar-refractivity contribution in [1.29, 1.82) is 5.26 Å². The van der Waals surface area contributed by atoms with E-state index < -0.39 is 6.09 Å². The predicted octanol–water partition coefficient (Wildman–Crippen LogP) is 3.67. The number of hydrogen-bond acceptors (Lipinski definition) is 5. The molecule has 0 radical (unpaired) electrons. The molecule has 2 atom stereocenters. The summed E-state index contributed by atoms with van der Waals surface area (Å²) < 4.78 is 7.50. The fourth-order valence-corrected chi connectivity index (χ4v) is 3.84. The standard InChI is InChI=1S/C23H26N4O4/c1-13(8-14(2)26(4)23(29)30)12-31-20-10-19-18(9-16(20)11-24)17-6-7-25-15(3)21(17)22(28)27(19)5/h6-7,9-10,13-14H,8,12H2,1-5H3,(H,29,30). The first-order chi connectivity index (χ1) is 14.6. The molecular weight excluding hydrogens is 396 g/mol. The molecule has 162 valence electrons. The maximum Gasteiger partial charge on any atom is 0.407 e. The van der Waals surface area contributed by atoms with Crippen molar-refractivity contribution in [3.8, 4) is 11.8 Å². The molecule has 0 saturated heterocycles. The van der Waals surface area contributed by atoms with E-state index in [0.29, 0.717) is 40.9 Å². The van der Waals surface area contributed by atoms with Crippen molar-refractivity contribution in [2.45, 2.75) is 33.2 Å². The molecule has 1 amide bonds. The minimum absolute atomic E-state index is 0.0631. The van der Waals surface area contributed by atoms with Crippen molar-refractivity contribution in [3.05, 3.63) is 46.0 Å². The number of pyridine rings is 2. The topological polar surface area (TPSA) is 108 Å². The van der Waals surface area contributed by atoms with Crippen molar-refractivity contribution >= 4 is 27.8 Å². The van der Waals surface area contributed by atoms with E-state index in [2.05, 4.69) is 11.1 Å². The predicted molar refractivity (Wildman–Crippen MR) is 118 cm³/mol. The third kappa shape index (κ3) is 4.17. The molecule has 2 heterocycles. The van der Waals surface area contributed by atoms with Gasteiger partial charge in [-0.15, -0.1) is 0 Å². The zero-order valence-corrected chi connectivity index (χ0v) is 18.3. The lowest BCUT2D eigenvalue weighted by molar-refractivity contribution is 0.131. The minimum atomic E-state index is -0.972. The van der Waals surface area contributed by atoms with Crippen LogP contribution in [0.25, 0.3) is 21.7 Å². The van der Waals surface area contributed by atoms with Gasteiger partial charge >= 0.3 is 6.09 Å². The van der Waals surface area contributed by atoms with E-state index in [1.54, 1.807) is 50.0 Å². The van der Waals surface area contributed by atoms with Gasteiger partial charge in [0.1, 0.15) is 11.8 Å². The molecule has 3 aromatic rings. The molecule has 8 nitrogen and oxygen atoms in total. The van der Waals surface area contributed by atoms with Gasteiger partial charge in [0.25, 0.3) is 5.56 Å². The Morgan fingerprint density at radius 3 is 2.71 bits per heavy atom. The highest BCUT2D eigenvalue weighted by atomic mass is 16.5. The fourth-order valence-electron chi connectivity index (χ4n) is 3.84. The number of aryl methyl sites for hydroxylation is 2. The van der Waals surface area contributed by atoms with Crippen LogP contribution in [0.5, 0.6) is 5.75 Å². The largest absolute Gasteiger partial charge is 0.492 e. The highest BCUT2D eigenvalue weighted by molar-refractivity contribution is 6.07. The maximum absolute atomic E-state index is 12.9. The number of ether oxygens (including phenoxy) is 1. The molecule has 0 aliphatic rings. The summed E-state index contributed by atoms with van der Waals surface area (Å²) in [7, 11) is 3.23. The summed E-state index contributed by atoms with van der Waals surface area (Å²) in [5.41, 5.74) is 1.55. The zero-order chi connectivity index (χ0) is 22.9. The Morgan fingerprint density at radius 1 is 1.35 bits per heavy atom. The van der Waals surface area contributed by atoms with Gasteiger partial charge < -0.3 is 19.3 Å². The molecule has 0 spiro atoms. The number of carboxylic acid groups (broad SMARTS) is 1. The van der Waals surface area contributed by atoms with Gasteiger partial charge in [-0.25, -0.2) is 4.79 Å². The van der Waals surface area contributed by atoms with Crippen LogP contribution >= 0.6 is 0 Å². The van der Waals surface area contributed by atoms with E-state index in [4.69, 9.17) is 9.84 Å². The van der Waals surface area contributed by atoms with Gasteiger partial charge in [-0.3, -0.25) is 9.78 Å². The summed E-state index contributed by atoms with van der Waals surface area (Å²) in [6.07, 6.45) is 1.30. The normalized spacial score (nSPS) is 13.0. The van der Waals surface area contributed by atoms with E-state index in [1.807, 2.05) is 13.8 Å². The number of hydrogen-bond donors (Lipinski definition) is 1. The summed E-state index contributed by atoms with van der Waals surface area (Å²) in [5.74, 6) is 0.467. The second-order valence-corrected chi connectivity index (χ2v) is 8.05. The molecule has 31 heavy (non-hydrogen) atoms. The van der Waals surface area contributed by atoms with Gasteiger partial charge in [0, 0.05) is 37.8 Å². The molecule has 1 aromatic carbocycles. The van der Waals surface area contributed by atoms with Gasteiger partial charge in [0.2, 0.25) is 0 Å². The SMILES string of the molecule is Cc1nccc2c1c(=O)n(C)c1cc(OCC(C)CC(C)N(C)C(=O)O)c(C#N)cc21. The van der Waals surface area contributed by atoms with E-state index in [9.17, 15) is 14.9 Å². The van der Waals surface area contributed by atoms with Crippen LogP contribution in [0.3, 0.4) is 0 Å². The maximum atomic E-state index is 12.9. The molecule has 2 aromatic heterocycles. The summed E-state index contributed by atoms with van der Waals surface area (Å²) in [6, 6.07) is 7.29. The monoisotopic (exact) mass is 422 g/mol. The molecule has 0 aliphatic heterocycles. The molecule has 8 heteroatoms. The third-order valence-electron chi connectivity index (χ3n) is 5.76. The van der Waals surface area contributed by atoms with E-state index >= 15 is 0 Å². The Bertz CT molecular complexity index is 1260. The first-order valence-corrected chi connectivity index (χ1v) is 10.1. The molecule has 0 bridgehead atoms. The molecule has 0 aliphatic carbocycles. The van der Waals surface area contributed by atoms with Gasteiger partial charge in [0.15, 0.2) is 0 Å². The van der Waals surface area contributed by atoms with Crippen LogP contribution in [0, 0.1) is 24.2 Å². The third-order valence-corrected chi connectivity index (χ3v) is 5.76.